The van der Waals surface area contributed by atoms with E-state index in [2.05, 4.69) is 0 Å². The molecule has 1 rings (SSSR count). The fraction of sp³-hybridized carbons (Fsp3) is 0.750. The van der Waals surface area contributed by atoms with E-state index in [-0.39, 0.29) is 6.54 Å². The van der Waals surface area contributed by atoms with Gasteiger partial charge in [0, 0.05) is 6.54 Å². The summed E-state index contributed by atoms with van der Waals surface area (Å²) in [5.74, 6) is -0.648. The van der Waals surface area contributed by atoms with Crippen molar-refractivity contribution in [2.24, 2.45) is 10.9 Å². The van der Waals surface area contributed by atoms with Crippen molar-refractivity contribution in [3.8, 4) is 0 Å². The molecule has 6 nitrogen and oxygen atoms in total. The Hall–Kier alpha value is -0.660. The van der Waals surface area contributed by atoms with Gasteiger partial charge in [0.25, 0.3) is 10.2 Å². The molecule has 0 aliphatic carbocycles. The average Bonchev–Trinajstić information content (AvgIpc) is 1.51. The first-order chi connectivity index (χ1) is 4.93. The van der Waals surface area contributed by atoms with Gasteiger partial charge in [0.05, 0.1) is 0 Å². The zero-order valence-corrected chi connectivity index (χ0v) is 6.54. The van der Waals surface area contributed by atoms with Crippen molar-refractivity contribution in [1.82, 2.24) is 4.31 Å². The topological polar surface area (TPSA) is 106 Å². The van der Waals surface area contributed by atoms with E-state index in [4.69, 9.17) is 10.9 Å². The van der Waals surface area contributed by atoms with Crippen LogP contribution in [0.25, 0.3) is 0 Å². The average molecular weight is 179 g/mol. The second-order valence-corrected chi connectivity index (χ2v) is 3.86. The number of rotatable bonds is 2. The molecule has 0 spiro atoms. The molecule has 1 fully saturated rings. The van der Waals surface area contributed by atoms with Gasteiger partial charge < -0.3 is 5.73 Å². The molecule has 11 heavy (non-hydrogen) atoms. The maximum absolute atomic E-state index is 10.6. The highest BCUT2D eigenvalue weighted by Gasteiger charge is 2.39. The van der Waals surface area contributed by atoms with Gasteiger partial charge >= 0.3 is 0 Å². The van der Waals surface area contributed by atoms with Crippen LogP contribution in [-0.2, 0) is 15.0 Å². The highest BCUT2D eigenvalue weighted by molar-refractivity contribution is 7.86. The van der Waals surface area contributed by atoms with E-state index in [1.165, 1.54) is 0 Å². The predicted octanol–water partition coefficient (Wildman–Crippen LogP) is -2.25. The Kier molecular flexibility index (Phi) is 1.87. The fourth-order valence-electron chi connectivity index (χ4n) is 0.952. The summed E-state index contributed by atoms with van der Waals surface area (Å²) in [6.07, 6.45) is 0.464. The number of nitrogens with zero attached hydrogens (tertiary/aromatic N) is 1. The lowest BCUT2D eigenvalue weighted by molar-refractivity contribution is -0.124. The van der Waals surface area contributed by atoms with Crippen LogP contribution in [0.5, 0.6) is 0 Å². The third-order valence-electron chi connectivity index (χ3n) is 1.63. The molecule has 4 N–H and O–H groups in total. The minimum absolute atomic E-state index is 0.284. The lowest BCUT2D eigenvalue weighted by Gasteiger charge is -2.35. The van der Waals surface area contributed by atoms with Gasteiger partial charge in [0.2, 0.25) is 5.91 Å². The van der Waals surface area contributed by atoms with E-state index in [1.807, 2.05) is 0 Å². The summed E-state index contributed by atoms with van der Waals surface area (Å²) >= 11 is 0. The summed E-state index contributed by atoms with van der Waals surface area (Å²) in [5, 5.41) is 4.76. The number of hydrogen-bond donors (Lipinski definition) is 2. The molecule has 64 valence electrons. The summed E-state index contributed by atoms with van der Waals surface area (Å²) in [5.41, 5.74) is 4.88. The molecule has 1 amide bonds. The number of hydrogen-bond acceptors (Lipinski definition) is 3. The van der Waals surface area contributed by atoms with Crippen LogP contribution in [0.3, 0.4) is 0 Å². The maximum Gasteiger partial charge on any atom is 0.277 e. The van der Waals surface area contributed by atoms with Crippen molar-refractivity contribution in [3.05, 3.63) is 0 Å². The van der Waals surface area contributed by atoms with E-state index in [1.54, 1.807) is 0 Å². The molecule has 0 aromatic rings. The largest absolute Gasteiger partial charge is 0.368 e. The van der Waals surface area contributed by atoms with Crippen molar-refractivity contribution >= 4 is 16.1 Å². The molecule has 0 bridgehead atoms. The van der Waals surface area contributed by atoms with E-state index < -0.39 is 22.2 Å². The van der Waals surface area contributed by atoms with Crippen LogP contribution >= 0.6 is 0 Å². The van der Waals surface area contributed by atoms with Crippen molar-refractivity contribution in [2.45, 2.75) is 12.5 Å². The minimum atomic E-state index is -3.73. The summed E-state index contributed by atoms with van der Waals surface area (Å²) < 4.78 is 22.1. The predicted molar refractivity (Wildman–Crippen MR) is 37.4 cm³/mol. The van der Waals surface area contributed by atoms with Crippen LogP contribution in [0.15, 0.2) is 0 Å². The van der Waals surface area contributed by atoms with Crippen molar-refractivity contribution in [1.29, 1.82) is 0 Å². The summed E-state index contributed by atoms with van der Waals surface area (Å²) in [6.45, 7) is 0.284. The molecule has 0 saturated carbocycles. The Labute approximate surface area is 64.3 Å². The molecule has 0 aromatic carbocycles. The quantitative estimate of drug-likeness (QED) is 0.500. The van der Waals surface area contributed by atoms with Gasteiger partial charge in [-0.25, -0.2) is 5.14 Å². The first kappa shape index (κ1) is 8.44. The molecule has 1 aliphatic heterocycles. The first-order valence-electron chi connectivity index (χ1n) is 3.02. The number of carbonyl (C=O) groups excluding carboxylic acids is 1. The van der Waals surface area contributed by atoms with Gasteiger partial charge in [-0.2, -0.15) is 12.7 Å². The number of primary amides is 1. The van der Waals surface area contributed by atoms with Gasteiger partial charge in [-0.1, -0.05) is 0 Å². The SMILES string of the molecule is NC(=O)C1CCN1S(N)(=O)=O. The summed E-state index contributed by atoms with van der Waals surface area (Å²) in [4.78, 5) is 10.5. The second kappa shape index (κ2) is 2.43. The molecule has 1 aliphatic rings. The zero-order chi connectivity index (χ0) is 8.65. The van der Waals surface area contributed by atoms with Gasteiger partial charge in [-0.3, -0.25) is 4.79 Å². The van der Waals surface area contributed by atoms with Gasteiger partial charge in [0.15, 0.2) is 0 Å². The van der Waals surface area contributed by atoms with E-state index >= 15 is 0 Å². The Morgan fingerprint density at radius 2 is 2.09 bits per heavy atom. The zero-order valence-electron chi connectivity index (χ0n) is 5.73. The third-order valence-corrected chi connectivity index (χ3v) is 2.72. The van der Waals surface area contributed by atoms with Gasteiger partial charge in [-0.15, -0.1) is 0 Å². The van der Waals surface area contributed by atoms with Crippen molar-refractivity contribution in [2.75, 3.05) is 6.54 Å². The van der Waals surface area contributed by atoms with Crippen LogP contribution in [0.1, 0.15) is 6.42 Å². The molecule has 1 saturated heterocycles. The highest BCUT2D eigenvalue weighted by atomic mass is 32.2. The number of amides is 1. The van der Waals surface area contributed by atoms with E-state index in [0.29, 0.717) is 6.42 Å². The van der Waals surface area contributed by atoms with E-state index in [0.717, 1.165) is 4.31 Å². The van der Waals surface area contributed by atoms with Crippen LogP contribution in [0, 0.1) is 0 Å². The molecular formula is C4H9N3O3S. The minimum Gasteiger partial charge on any atom is -0.368 e. The Morgan fingerprint density at radius 1 is 1.55 bits per heavy atom. The number of carbonyl (C=O) groups is 1. The number of nitrogens with two attached hydrogens (primary N) is 2. The van der Waals surface area contributed by atoms with Gasteiger partial charge in [-0.05, 0) is 6.42 Å². The Balaban J connectivity index is 2.72. The van der Waals surface area contributed by atoms with E-state index in [9.17, 15) is 13.2 Å². The molecule has 7 heteroatoms. The van der Waals surface area contributed by atoms with Crippen molar-refractivity contribution < 1.29 is 13.2 Å². The van der Waals surface area contributed by atoms with Crippen LogP contribution in [-0.4, -0.2) is 31.2 Å². The smallest absolute Gasteiger partial charge is 0.277 e. The lowest BCUT2D eigenvalue weighted by Crippen LogP contribution is -2.58. The van der Waals surface area contributed by atoms with Crippen molar-refractivity contribution in [3.63, 3.8) is 0 Å². The molecule has 1 heterocycles. The second-order valence-electron chi connectivity index (χ2n) is 2.36. The Morgan fingerprint density at radius 3 is 2.18 bits per heavy atom. The Bertz CT molecular complexity index is 272. The maximum atomic E-state index is 10.6. The normalized spacial score (nSPS) is 26.1. The molecular weight excluding hydrogens is 170 g/mol. The molecule has 0 aromatic heterocycles. The van der Waals surface area contributed by atoms with Crippen LogP contribution in [0.2, 0.25) is 0 Å². The standard InChI is InChI=1S/C4H9N3O3S/c5-4(8)3-1-2-7(3)11(6,9)10/h3H,1-2H2,(H2,5,8)(H2,6,9,10). The monoisotopic (exact) mass is 179 g/mol. The van der Waals surface area contributed by atoms with Gasteiger partial charge in [0.1, 0.15) is 6.04 Å². The highest BCUT2D eigenvalue weighted by Crippen LogP contribution is 2.18. The third kappa shape index (κ3) is 1.50. The molecule has 1 atom stereocenters. The fourth-order valence-corrected chi connectivity index (χ4v) is 1.88. The van der Waals surface area contributed by atoms with Crippen LogP contribution < -0.4 is 10.9 Å². The summed E-state index contributed by atoms with van der Waals surface area (Å²) in [6, 6.07) is -0.731. The van der Waals surface area contributed by atoms with Crippen LogP contribution in [0.4, 0.5) is 0 Å². The first-order valence-corrected chi connectivity index (χ1v) is 4.52. The molecule has 0 radical (unpaired) electrons. The molecule has 1 unspecified atom stereocenters. The summed E-state index contributed by atoms with van der Waals surface area (Å²) in [7, 11) is -3.73. The lowest BCUT2D eigenvalue weighted by atomic mass is 10.1.